The summed E-state index contributed by atoms with van der Waals surface area (Å²) in [7, 11) is 0. The highest BCUT2D eigenvalue weighted by Gasteiger charge is 2.04. The van der Waals surface area contributed by atoms with Crippen LogP contribution in [0, 0.1) is 11.3 Å². The molecule has 7 heteroatoms. The molecule has 0 saturated heterocycles. The molecule has 0 saturated carbocycles. The van der Waals surface area contributed by atoms with Crippen LogP contribution in [-0.2, 0) is 0 Å². The molecule has 0 aliphatic heterocycles. The van der Waals surface area contributed by atoms with E-state index in [9.17, 15) is 14.4 Å². The van der Waals surface area contributed by atoms with E-state index in [0.29, 0.717) is 11.1 Å². The topological polar surface area (TPSA) is 115 Å². The van der Waals surface area contributed by atoms with E-state index in [0.717, 1.165) is 0 Å². The molecule has 0 atom stereocenters. The number of carbonyl (C=O) groups excluding carboxylic acids is 1. The molecule has 0 aliphatic rings. The van der Waals surface area contributed by atoms with Crippen molar-refractivity contribution in [1.29, 1.82) is 5.26 Å². The van der Waals surface area contributed by atoms with Gasteiger partial charge in [0.25, 0.3) is 5.24 Å². The maximum atomic E-state index is 10.5. The summed E-state index contributed by atoms with van der Waals surface area (Å²) in [5, 5.41) is 24.8. The standard InChI is InChI=1S/C8H4ClNO.C8H6O4/c9-8(11)7-3-1-6(5-10)2-4-7;9-7(10)5-1-2-6(4-3-5)8(11)12/h1-4H;1-4H,(H,9,10)(H,11,12). The molecule has 0 bridgehead atoms. The van der Waals surface area contributed by atoms with Crippen LogP contribution in [0.2, 0.25) is 0 Å². The zero-order chi connectivity index (χ0) is 17.4. The summed E-state index contributed by atoms with van der Waals surface area (Å²) in [5.74, 6) is -2.13. The molecule has 6 nitrogen and oxygen atoms in total. The van der Waals surface area contributed by atoms with Gasteiger partial charge in [0, 0.05) is 5.56 Å². The lowest BCUT2D eigenvalue weighted by molar-refractivity contribution is 0.0681. The van der Waals surface area contributed by atoms with E-state index in [2.05, 4.69) is 0 Å². The second-order valence-corrected chi connectivity index (χ2v) is 4.49. The minimum Gasteiger partial charge on any atom is -0.478 e. The van der Waals surface area contributed by atoms with Crippen molar-refractivity contribution in [1.82, 2.24) is 0 Å². The fraction of sp³-hybridized carbons (Fsp3) is 0. The summed E-state index contributed by atoms with van der Waals surface area (Å²) < 4.78 is 0. The van der Waals surface area contributed by atoms with Gasteiger partial charge in [-0.25, -0.2) is 9.59 Å². The fourth-order valence-corrected chi connectivity index (χ4v) is 1.56. The number of hydrogen-bond acceptors (Lipinski definition) is 4. The number of nitriles is 1. The lowest BCUT2D eigenvalue weighted by Gasteiger charge is -1.94. The van der Waals surface area contributed by atoms with E-state index in [-0.39, 0.29) is 11.1 Å². The van der Waals surface area contributed by atoms with Crippen LogP contribution in [0.1, 0.15) is 36.6 Å². The average molecular weight is 332 g/mol. The Bertz CT molecular complexity index is 728. The lowest BCUT2D eigenvalue weighted by atomic mass is 10.1. The smallest absolute Gasteiger partial charge is 0.335 e. The van der Waals surface area contributed by atoms with Crippen LogP contribution in [0.3, 0.4) is 0 Å². The molecule has 2 aromatic carbocycles. The van der Waals surface area contributed by atoms with Gasteiger partial charge >= 0.3 is 11.9 Å². The first-order valence-electron chi connectivity index (χ1n) is 6.11. The van der Waals surface area contributed by atoms with Gasteiger partial charge < -0.3 is 10.2 Å². The monoisotopic (exact) mass is 331 g/mol. The van der Waals surface area contributed by atoms with Crippen molar-refractivity contribution >= 4 is 28.8 Å². The zero-order valence-electron chi connectivity index (χ0n) is 11.6. The SMILES string of the molecule is N#Cc1ccc(C(=O)Cl)cc1.O=C(O)c1ccc(C(=O)O)cc1. The highest BCUT2D eigenvalue weighted by atomic mass is 35.5. The Morgan fingerprint density at radius 3 is 1.39 bits per heavy atom. The number of rotatable bonds is 3. The van der Waals surface area contributed by atoms with Gasteiger partial charge in [-0.1, -0.05) is 0 Å². The third-order valence-electron chi connectivity index (χ3n) is 2.62. The van der Waals surface area contributed by atoms with Gasteiger partial charge in [0.1, 0.15) is 0 Å². The van der Waals surface area contributed by atoms with Gasteiger partial charge in [-0.15, -0.1) is 0 Å². The molecule has 0 fully saturated rings. The molecular weight excluding hydrogens is 322 g/mol. The van der Waals surface area contributed by atoms with Crippen molar-refractivity contribution < 1.29 is 24.6 Å². The largest absolute Gasteiger partial charge is 0.478 e. The molecule has 0 amide bonds. The number of nitrogens with zero attached hydrogens (tertiary/aromatic N) is 1. The summed E-state index contributed by atoms with van der Waals surface area (Å²) in [6.07, 6.45) is 0. The summed E-state index contributed by atoms with van der Waals surface area (Å²) in [6.45, 7) is 0. The van der Waals surface area contributed by atoms with Crippen molar-refractivity contribution in [2.75, 3.05) is 0 Å². The Kier molecular flexibility index (Phi) is 6.46. The Labute approximate surface area is 136 Å². The molecule has 0 unspecified atom stereocenters. The van der Waals surface area contributed by atoms with E-state index in [4.69, 9.17) is 27.1 Å². The van der Waals surface area contributed by atoms with Crippen molar-refractivity contribution in [3.63, 3.8) is 0 Å². The van der Waals surface area contributed by atoms with Crippen LogP contribution in [0.25, 0.3) is 0 Å². The molecular formula is C16H10ClNO5. The summed E-state index contributed by atoms with van der Waals surface area (Å²) in [5.41, 5.74) is 1.09. The second-order valence-electron chi connectivity index (χ2n) is 4.15. The van der Waals surface area contributed by atoms with Crippen molar-refractivity contribution in [2.24, 2.45) is 0 Å². The predicted molar refractivity (Wildman–Crippen MR) is 81.7 cm³/mol. The molecule has 2 rings (SSSR count). The van der Waals surface area contributed by atoms with Crippen LogP contribution < -0.4 is 0 Å². The van der Waals surface area contributed by atoms with Crippen LogP contribution in [0.15, 0.2) is 48.5 Å². The van der Waals surface area contributed by atoms with Gasteiger partial charge in [0.2, 0.25) is 0 Å². The Morgan fingerprint density at radius 2 is 1.13 bits per heavy atom. The molecule has 2 N–H and O–H groups in total. The Morgan fingerprint density at radius 1 is 0.783 bits per heavy atom. The van der Waals surface area contributed by atoms with E-state index < -0.39 is 17.2 Å². The van der Waals surface area contributed by atoms with E-state index in [1.54, 1.807) is 12.1 Å². The van der Waals surface area contributed by atoms with Gasteiger partial charge in [0.05, 0.1) is 22.8 Å². The van der Waals surface area contributed by atoms with Crippen LogP contribution in [-0.4, -0.2) is 27.4 Å². The minimum absolute atomic E-state index is 0.0833. The quantitative estimate of drug-likeness (QED) is 0.835. The van der Waals surface area contributed by atoms with E-state index in [1.807, 2.05) is 6.07 Å². The maximum Gasteiger partial charge on any atom is 0.335 e. The summed E-state index contributed by atoms with van der Waals surface area (Å²) in [4.78, 5) is 31.2. The summed E-state index contributed by atoms with van der Waals surface area (Å²) in [6, 6.07) is 13.1. The van der Waals surface area contributed by atoms with Gasteiger partial charge in [0.15, 0.2) is 0 Å². The molecule has 23 heavy (non-hydrogen) atoms. The molecule has 116 valence electrons. The first-order valence-corrected chi connectivity index (χ1v) is 6.49. The Hall–Kier alpha value is -3.17. The molecule has 0 heterocycles. The van der Waals surface area contributed by atoms with Crippen molar-refractivity contribution in [3.05, 3.63) is 70.8 Å². The number of carboxylic acids is 2. The van der Waals surface area contributed by atoms with Gasteiger partial charge in [-0.05, 0) is 60.1 Å². The first-order chi connectivity index (χ1) is 10.8. The zero-order valence-corrected chi connectivity index (χ0v) is 12.3. The molecule has 0 radical (unpaired) electrons. The number of carbonyl (C=O) groups is 3. The molecule has 0 aliphatic carbocycles. The number of benzene rings is 2. The number of aromatic carboxylic acids is 2. The van der Waals surface area contributed by atoms with Gasteiger partial charge in [-0.2, -0.15) is 5.26 Å². The number of hydrogen-bond donors (Lipinski definition) is 2. The normalized spacial score (nSPS) is 9.04. The second kappa shape index (κ2) is 8.32. The molecule has 2 aromatic rings. The van der Waals surface area contributed by atoms with E-state index in [1.165, 1.54) is 36.4 Å². The third-order valence-corrected chi connectivity index (χ3v) is 2.84. The van der Waals surface area contributed by atoms with Crippen molar-refractivity contribution in [3.8, 4) is 6.07 Å². The fourth-order valence-electron chi connectivity index (χ4n) is 1.43. The van der Waals surface area contributed by atoms with Crippen LogP contribution in [0.4, 0.5) is 0 Å². The van der Waals surface area contributed by atoms with Gasteiger partial charge in [-0.3, -0.25) is 4.79 Å². The first kappa shape index (κ1) is 17.9. The third kappa shape index (κ3) is 5.61. The highest BCUT2D eigenvalue weighted by molar-refractivity contribution is 6.67. The molecule has 0 spiro atoms. The number of halogens is 1. The Balaban J connectivity index is 0.000000231. The van der Waals surface area contributed by atoms with Crippen LogP contribution >= 0.6 is 11.6 Å². The maximum absolute atomic E-state index is 10.5. The van der Waals surface area contributed by atoms with E-state index >= 15 is 0 Å². The predicted octanol–water partition coefficient (Wildman–Crippen LogP) is 3.02. The lowest BCUT2D eigenvalue weighted by Crippen LogP contribution is -1.99. The van der Waals surface area contributed by atoms with Crippen LogP contribution in [0.5, 0.6) is 0 Å². The minimum atomic E-state index is -1.06. The highest BCUT2D eigenvalue weighted by Crippen LogP contribution is 2.05. The molecule has 0 aromatic heterocycles. The summed E-state index contributed by atoms with van der Waals surface area (Å²) >= 11 is 5.18. The van der Waals surface area contributed by atoms with Crippen molar-refractivity contribution in [2.45, 2.75) is 0 Å². The average Bonchev–Trinajstić information content (AvgIpc) is 2.55. The number of carboxylic acid groups (broad SMARTS) is 2.